The molecule has 0 spiro atoms. The Hall–Kier alpha value is -8.16. The van der Waals surface area contributed by atoms with Gasteiger partial charge in [-0.3, -0.25) is 38.4 Å². The zero-order valence-electron chi connectivity index (χ0n) is 69.8. The molecule has 9 N–H and O–H groups in total. The number of unbranched alkanes of at least 4 members (excludes halogenated alkanes) is 3. The molecule has 4 aliphatic rings. The van der Waals surface area contributed by atoms with Gasteiger partial charge in [0.25, 0.3) is 0 Å². The Morgan fingerprint density at radius 3 is 1.74 bits per heavy atom. The highest BCUT2D eigenvalue weighted by Gasteiger charge is 2.79. The maximum Gasteiger partial charge on any atom is 0.408 e. The van der Waals surface area contributed by atoms with E-state index >= 15 is 9.59 Å². The first-order valence-electron chi connectivity index (χ1n) is 40.5. The number of esters is 4. The summed E-state index contributed by atoms with van der Waals surface area (Å²) in [5.41, 5.74) is -8.95. The number of hydrogen-bond acceptors (Lipinski definition) is 28. The van der Waals surface area contributed by atoms with E-state index in [0.717, 1.165) is 6.92 Å². The topological polar surface area (TPSA) is 458 Å². The van der Waals surface area contributed by atoms with Gasteiger partial charge in [0.1, 0.15) is 60.9 Å². The molecule has 0 radical (unpaired) electrons. The summed E-state index contributed by atoms with van der Waals surface area (Å²) < 4.78 is 73.5. The number of carbonyl (C=O) groups excluding carboxylic acids is 12. The van der Waals surface area contributed by atoms with Crippen LogP contribution in [0, 0.1) is 34.5 Å². The van der Waals surface area contributed by atoms with Gasteiger partial charge in [-0.25, -0.2) is 19.2 Å². The van der Waals surface area contributed by atoms with Crippen LogP contribution in [-0.2, 0) is 110 Å². The fourth-order valence-corrected chi connectivity index (χ4v) is 15.7. The third-order valence-corrected chi connectivity index (χ3v) is 22.1. The lowest BCUT2D eigenvalue weighted by molar-refractivity contribution is -0.355. The Balaban J connectivity index is 1.03. The standard InChI is InChI=1S/C83H126N6O28/c1-52(74(99)88-58(54(3)90)30-20-24-36-86-75(100)59(87-64(94)33-38-108-44-46-110-42-40-106-12)31-21-23-34-84-63(93)32-37-107-43-45-109-41-39-105-11)25-19-22-35-85-65(95)49-111-50-66(96)114-70(68(56-26-15-13-16-27-56)89-78(103)117-79(5,6)7)77(102)113-60-48-83(104)73(115-76(101)57-28-17-14-18-29-57)71-81(10,72(98)69(97)67(53(60)2)80(83,8)9)61(92)47-62-82(71,51-112-62)116-55(4)91/h13-18,26-29,52-53,58-62,67-71,73,92,97,104H,19-25,30-51H2,1-12H3,(H,84,93)(H,85,95)(H,86,100)(H,87,94)(H,88,99)(H,89,103)/t52?,53?,58?,59?,60-,61-,62+,67-,68-,69+,70+,71-,73-,81+,82-,83+/m1/s1. The predicted molar refractivity (Wildman–Crippen MR) is 419 cm³/mol. The van der Waals surface area contributed by atoms with Gasteiger partial charge >= 0.3 is 30.0 Å². The van der Waals surface area contributed by atoms with Gasteiger partial charge in [-0.2, -0.15) is 0 Å². The predicted octanol–water partition coefficient (Wildman–Crippen LogP) is 3.96. The van der Waals surface area contributed by atoms with Crippen LogP contribution >= 0.6 is 0 Å². The average molecular weight is 1660 g/mol. The van der Waals surface area contributed by atoms with Crippen molar-refractivity contribution in [1.29, 1.82) is 0 Å². The van der Waals surface area contributed by atoms with E-state index < -0.39 is 173 Å². The second kappa shape index (κ2) is 47.6. The molecule has 16 atom stereocenters. The van der Waals surface area contributed by atoms with Crippen molar-refractivity contribution in [2.45, 2.75) is 224 Å². The number of amides is 6. The van der Waals surface area contributed by atoms with E-state index in [4.69, 9.17) is 61.6 Å². The summed E-state index contributed by atoms with van der Waals surface area (Å²) in [6.45, 7) is 17.2. The van der Waals surface area contributed by atoms with Crippen LogP contribution in [0.25, 0.3) is 0 Å². The van der Waals surface area contributed by atoms with Crippen LogP contribution in [0.15, 0.2) is 60.7 Å². The molecule has 117 heavy (non-hydrogen) atoms. The zero-order chi connectivity index (χ0) is 86.1. The molecule has 1 saturated heterocycles. The fourth-order valence-electron chi connectivity index (χ4n) is 15.7. The van der Waals surface area contributed by atoms with E-state index in [2.05, 4.69) is 31.9 Å². The van der Waals surface area contributed by atoms with Crippen LogP contribution in [0.5, 0.6) is 0 Å². The first kappa shape index (κ1) is 97.7. The maximum absolute atomic E-state index is 15.5. The SMILES string of the molecule is COCCOCCOCCC(=O)NCCCCC(NC(=O)CCOCCOCCOC)C(=O)NCCCCC(NC(=O)C(C)CCCCNC(=O)COCC(=O)O[C@H](C(=O)O[C@@H]1C[C@]2(O)[C@H](OC(=O)c3ccccc3)[C@H]3[C@@]4(OC(C)=O)CO[C@H]4C[C@@H](O)[C@]3(C)C(=O)[C@@H](O)[C@@H](C1C)C2(C)C)[C@H](NC(=O)OC(C)(C)C)c1ccccc1)C(C)=O. The smallest absolute Gasteiger partial charge is 0.408 e. The molecule has 0 aromatic heterocycles. The number of carbonyl (C=O) groups is 12. The van der Waals surface area contributed by atoms with Crippen LogP contribution in [-0.4, -0.2) is 272 Å². The van der Waals surface area contributed by atoms with Crippen LogP contribution in [0.2, 0.25) is 0 Å². The third kappa shape index (κ3) is 28.5. The molecule has 1 heterocycles. The monoisotopic (exact) mass is 1650 g/mol. The Bertz CT molecular complexity index is 3550. The summed E-state index contributed by atoms with van der Waals surface area (Å²) in [6.07, 6.45) is -8.29. The number of hydrogen-bond donors (Lipinski definition) is 9. The highest BCUT2D eigenvalue weighted by Crippen LogP contribution is 2.65. The van der Waals surface area contributed by atoms with E-state index in [0.29, 0.717) is 104 Å². The van der Waals surface area contributed by atoms with Gasteiger partial charge in [-0.1, -0.05) is 82.6 Å². The number of ketones is 2. The number of aliphatic hydroxyl groups is 3. The number of fused-ring (bicyclic) bond motifs is 5. The van der Waals surface area contributed by atoms with Crippen molar-refractivity contribution >= 4 is 71.1 Å². The highest BCUT2D eigenvalue weighted by molar-refractivity contribution is 5.93. The van der Waals surface area contributed by atoms with Crippen LogP contribution in [0.3, 0.4) is 0 Å². The van der Waals surface area contributed by atoms with Crippen LogP contribution in [0.1, 0.15) is 175 Å². The Morgan fingerprint density at radius 1 is 0.624 bits per heavy atom. The summed E-state index contributed by atoms with van der Waals surface area (Å²) in [7, 11) is 3.15. The molecule has 2 bridgehead atoms. The molecule has 1 aliphatic heterocycles. The van der Waals surface area contributed by atoms with Crippen molar-refractivity contribution in [3.63, 3.8) is 0 Å². The van der Waals surface area contributed by atoms with Gasteiger partial charge < -0.3 is 109 Å². The van der Waals surface area contributed by atoms with E-state index in [1.54, 1.807) is 99.1 Å². The third-order valence-electron chi connectivity index (χ3n) is 22.1. The number of rotatable bonds is 51. The summed E-state index contributed by atoms with van der Waals surface area (Å²) in [5.74, 6) is -12.2. The van der Waals surface area contributed by atoms with Crippen molar-refractivity contribution in [3.05, 3.63) is 71.8 Å². The van der Waals surface area contributed by atoms with Crippen molar-refractivity contribution in [2.75, 3.05) is 120 Å². The number of Topliss-reactive ketones (excluding diaryl/α,β-unsaturated/α-hetero) is 2. The van der Waals surface area contributed by atoms with Gasteiger partial charge in [0.05, 0.1) is 102 Å². The second-order valence-electron chi connectivity index (χ2n) is 32.1. The number of ether oxygens (including phenoxy) is 13. The maximum atomic E-state index is 15.5. The Kier molecular flexibility index (Phi) is 39.7. The molecule has 4 fully saturated rings. The lowest BCUT2D eigenvalue weighted by Gasteiger charge is -2.68. The number of aliphatic hydroxyl groups excluding tert-OH is 2. The molecule has 2 aromatic carbocycles. The summed E-state index contributed by atoms with van der Waals surface area (Å²) in [5, 5.41) is 55.4. The second-order valence-corrected chi connectivity index (χ2v) is 32.1. The van der Waals surface area contributed by atoms with Crippen molar-refractivity contribution in [3.8, 4) is 0 Å². The molecule has 6 rings (SSSR count). The van der Waals surface area contributed by atoms with Crippen molar-refractivity contribution < 1.29 is 134 Å². The number of alkyl carbamates (subject to hydrolysis) is 1. The van der Waals surface area contributed by atoms with E-state index in [9.17, 15) is 63.3 Å². The molecular formula is C83H126N6O28. The summed E-state index contributed by atoms with van der Waals surface area (Å²) >= 11 is 0. The van der Waals surface area contributed by atoms with Crippen LogP contribution < -0.4 is 31.9 Å². The molecule has 3 saturated carbocycles. The van der Waals surface area contributed by atoms with Crippen molar-refractivity contribution in [2.24, 2.45) is 34.5 Å². The van der Waals surface area contributed by atoms with Crippen LogP contribution in [0.4, 0.5) is 4.79 Å². The lowest BCUT2D eigenvalue weighted by atomic mass is 9.42. The van der Waals surface area contributed by atoms with Gasteiger partial charge in [-0.15, -0.1) is 0 Å². The highest BCUT2D eigenvalue weighted by atomic mass is 16.6. The molecule has 656 valence electrons. The fraction of sp³-hybridized carbons (Fsp3) is 0.711. The summed E-state index contributed by atoms with van der Waals surface area (Å²) in [6, 6.07) is 12.3. The molecule has 6 amide bonds. The van der Waals surface area contributed by atoms with Gasteiger partial charge in [0.2, 0.25) is 35.6 Å². The minimum absolute atomic E-state index is 0.00519. The molecule has 34 nitrogen and oxygen atoms in total. The Morgan fingerprint density at radius 2 is 1.17 bits per heavy atom. The average Bonchev–Trinajstić information content (AvgIpc) is 0.669. The van der Waals surface area contributed by atoms with Gasteiger partial charge in [-0.05, 0) is 110 Å². The summed E-state index contributed by atoms with van der Waals surface area (Å²) in [4.78, 5) is 165. The van der Waals surface area contributed by atoms with E-state index in [-0.39, 0.29) is 99.8 Å². The molecule has 2 aromatic rings. The quantitative estimate of drug-likeness (QED) is 0.0257. The zero-order valence-corrected chi connectivity index (χ0v) is 69.8. The number of nitrogens with one attached hydrogen (secondary N) is 6. The van der Waals surface area contributed by atoms with Gasteiger partial charge in [0, 0.05) is 83.7 Å². The largest absolute Gasteiger partial charge is 0.459 e. The normalized spacial score (nSPS) is 24.4. The first-order chi connectivity index (χ1) is 55.6. The molecular weight excluding hydrogens is 1530 g/mol. The molecule has 34 heteroatoms. The number of methoxy groups -OCH3 is 2. The van der Waals surface area contributed by atoms with Crippen molar-refractivity contribution in [1.82, 2.24) is 31.9 Å². The first-order valence-corrected chi connectivity index (χ1v) is 40.5. The minimum atomic E-state index is -2.47. The molecule has 4 unspecified atom stereocenters. The molecule has 3 aliphatic carbocycles. The van der Waals surface area contributed by atoms with E-state index in [1.807, 2.05) is 0 Å². The minimum Gasteiger partial charge on any atom is -0.459 e. The lowest BCUT2D eigenvalue weighted by Crippen LogP contribution is -2.83. The Labute approximate surface area is 684 Å². The van der Waals surface area contributed by atoms with Gasteiger partial charge in [0.15, 0.2) is 17.2 Å². The van der Waals surface area contributed by atoms with E-state index in [1.165, 1.54) is 38.1 Å². The number of benzene rings is 2.